The van der Waals surface area contributed by atoms with E-state index < -0.39 is 36.8 Å². The topological polar surface area (TPSA) is 80.3 Å². The third kappa shape index (κ3) is 4.28. The maximum atomic E-state index is 13.5. The molecule has 1 aliphatic carbocycles. The molecule has 0 amide bonds. The van der Waals surface area contributed by atoms with Crippen LogP contribution in [0, 0.1) is 12.7 Å². The molecule has 2 fully saturated rings. The van der Waals surface area contributed by atoms with Crippen molar-refractivity contribution in [2.75, 3.05) is 11.5 Å². The van der Waals surface area contributed by atoms with Gasteiger partial charge in [-0.25, -0.2) is 21.2 Å². The minimum absolute atomic E-state index is 0.00818. The van der Waals surface area contributed by atoms with E-state index in [1.807, 2.05) is 0 Å². The summed E-state index contributed by atoms with van der Waals surface area (Å²) in [4.78, 5) is -0.00818. The predicted molar refractivity (Wildman–Crippen MR) is 99.2 cm³/mol. The molecule has 0 aromatic heterocycles. The standard InChI is InChI=1S/C18H26FNO4S2/c1-13-10-15(8-9-16(13)19)26(23,24)18-12-25(21,22)11-17(18)20-14-6-4-2-3-5-7-14/h8-10,14,17-18,20H,2-7,11-12H2,1H3. The highest BCUT2D eigenvalue weighted by atomic mass is 32.2. The highest BCUT2D eigenvalue weighted by Crippen LogP contribution is 2.28. The SMILES string of the molecule is Cc1cc(S(=O)(=O)C2CS(=O)(=O)CC2NC2CCCCCC2)ccc1F. The van der Waals surface area contributed by atoms with Crippen molar-refractivity contribution < 1.29 is 21.2 Å². The van der Waals surface area contributed by atoms with Gasteiger partial charge >= 0.3 is 0 Å². The zero-order chi connectivity index (χ0) is 18.9. The normalized spacial score (nSPS) is 27.3. The number of halogens is 1. The highest BCUT2D eigenvalue weighted by molar-refractivity contribution is 7.96. The first-order valence-electron chi connectivity index (χ1n) is 9.15. The monoisotopic (exact) mass is 403 g/mol. The highest BCUT2D eigenvalue weighted by Gasteiger charge is 2.46. The number of nitrogens with one attached hydrogen (secondary N) is 1. The Labute approximate surface area is 155 Å². The minimum atomic E-state index is -3.87. The number of hydrogen-bond acceptors (Lipinski definition) is 5. The number of benzene rings is 1. The second-order valence-electron chi connectivity index (χ2n) is 7.53. The second-order valence-corrected chi connectivity index (χ2v) is 11.9. The Morgan fingerprint density at radius 1 is 1.08 bits per heavy atom. The fourth-order valence-electron chi connectivity index (χ4n) is 3.99. The molecule has 1 saturated heterocycles. The molecule has 0 spiro atoms. The van der Waals surface area contributed by atoms with Crippen LogP contribution in [0.4, 0.5) is 4.39 Å². The third-order valence-electron chi connectivity index (χ3n) is 5.46. The van der Waals surface area contributed by atoms with Crippen LogP contribution in [0.25, 0.3) is 0 Å². The average molecular weight is 404 g/mol. The molecule has 1 N–H and O–H groups in total. The number of sulfone groups is 2. The fraction of sp³-hybridized carbons (Fsp3) is 0.667. The molecule has 0 radical (unpaired) electrons. The summed E-state index contributed by atoms with van der Waals surface area (Å²) in [6.07, 6.45) is 6.37. The van der Waals surface area contributed by atoms with E-state index in [0.29, 0.717) is 0 Å². The lowest BCUT2D eigenvalue weighted by molar-refractivity contribution is 0.408. The first-order chi connectivity index (χ1) is 12.2. The molecule has 146 valence electrons. The van der Waals surface area contributed by atoms with E-state index in [1.165, 1.54) is 19.1 Å². The molecule has 1 heterocycles. The molecular weight excluding hydrogens is 377 g/mol. The smallest absolute Gasteiger partial charge is 0.183 e. The van der Waals surface area contributed by atoms with Gasteiger partial charge in [-0.1, -0.05) is 25.7 Å². The molecule has 2 unspecified atom stereocenters. The van der Waals surface area contributed by atoms with Crippen molar-refractivity contribution in [3.8, 4) is 0 Å². The Hall–Kier alpha value is -0.990. The van der Waals surface area contributed by atoms with E-state index in [9.17, 15) is 21.2 Å². The second kappa shape index (κ2) is 7.56. The number of rotatable bonds is 4. The Bertz CT molecular complexity index is 859. The third-order valence-corrected chi connectivity index (χ3v) is 9.61. The molecule has 3 rings (SSSR count). The molecule has 1 aromatic carbocycles. The summed E-state index contributed by atoms with van der Waals surface area (Å²) >= 11 is 0. The molecular formula is C18H26FNO4S2. The Morgan fingerprint density at radius 2 is 1.73 bits per heavy atom. The van der Waals surface area contributed by atoms with Crippen LogP contribution in [0.2, 0.25) is 0 Å². The molecule has 2 atom stereocenters. The van der Waals surface area contributed by atoms with Crippen molar-refractivity contribution in [2.45, 2.75) is 67.7 Å². The maximum absolute atomic E-state index is 13.5. The molecule has 1 aliphatic heterocycles. The van der Waals surface area contributed by atoms with Gasteiger partial charge in [0, 0.05) is 12.1 Å². The summed E-state index contributed by atoms with van der Waals surface area (Å²) in [7, 11) is -7.30. The summed E-state index contributed by atoms with van der Waals surface area (Å²) in [5, 5.41) is 2.31. The van der Waals surface area contributed by atoms with Crippen molar-refractivity contribution in [3.05, 3.63) is 29.6 Å². The van der Waals surface area contributed by atoms with Crippen LogP contribution in [0.5, 0.6) is 0 Å². The lowest BCUT2D eigenvalue weighted by atomic mass is 10.1. The summed E-state index contributed by atoms with van der Waals surface area (Å²) in [6.45, 7) is 1.50. The van der Waals surface area contributed by atoms with Gasteiger partial charge < -0.3 is 5.32 Å². The summed E-state index contributed by atoms with van der Waals surface area (Å²) in [5.74, 6) is -1.01. The van der Waals surface area contributed by atoms with Gasteiger partial charge in [0.15, 0.2) is 19.7 Å². The van der Waals surface area contributed by atoms with Crippen LogP contribution in [-0.2, 0) is 19.7 Å². The van der Waals surface area contributed by atoms with Crippen LogP contribution in [0.15, 0.2) is 23.1 Å². The van der Waals surface area contributed by atoms with Gasteiger partial charge in [0.1, 0.15) is 5.82 Å². The molecule has 26 heavy (non-hydrogen) atoms. The quantitative estimate of drug-likeness (QED) is 0.617. The van der Waals surface area contributed by atoms with Crippen molar-refractivity contribution in [2.24, 2.45) is 0 Å². The summed E-state index contributed by atoms with van der Waals surface area (Å²) < 4.78 is 64.1. The lowest BCUT2D eigenvalue weighted by Crippen LogP contribution is -2.47. The first-order valence-corrected chi connectivity index (χ1v) is 12.5. The molecule has 0 bridgehead atoms. The largest absolute Gasteiger partial charge is 0.309 e. The van der Waals surface area contributed by atoms with Crippen molar-refractivity contribution in [3.63, 3.8) is 0 Å². The summed E-state index contributed by atoms with van der Waals surface area (Å²) in [5.41, 5.74) is 0.236. The van der Waals surface area contributed by atoms with Gasteiger partial charge in [-0.15, -0.1) is 0 Å². The zero-order valence-electron chi connectivity index (χ0n) is 14.9. The van der Waals surface area contributed by atoms with E-state index in [1.54, 1.807) is 0 Å². The fourth-order valence-corrected chi connectivity index (χ4v) is 8.76. The molecule has 8 heteroatoms. The molecule has 1 aromatic rings. The zero-order valence-corrected chi connectivity index (χ0v) is 16.6. The summed E-state index contributed by atoms with van der Waals surface area (Å²) in [6, 6.07) is 3.19. The molecule has 2 aliphatic rings. The van der Waals surface area contributed by atoms with Crippen LogP contribution < -0.4 is 5.32 Å². The number of aryl methyl sites for hydroxylation is 1. The van der Waals surface area contributed by atoms with Gasteiger partial charge in [0.25, 0.3) is 0 Å². The number of hydrogen-bond donors (Lipinski definition) is 1. The van der Waals surface area contributed by atoms with Crippen LogP contribution in [0.3, 0.4) is 0 Å². The van der Waals surface area contributed by atoms with Crippen LogP contribution in [0.1, 0.15) is 44.1 Å². The van der Waals surface area contributed by atoms with E-state index in [4.69, 9.17) is 0 Å². The molecule has 1 saturated carbocycles. The van der Waals surface area contributed by atoms with Crippen molar-refractivity contribution in [1.29, 1.82) is 0 Å². The maximum Gasteiger partial charge on any atom is 0.183 e. The predicted octanol–water partition coefficient (Wildman–Crippen LogP) is 2.39. The average Bonchev–Trinajstić information content (AvgIpc) is 2.73. The van der Waals surface area contributed by atoms with E-state index in [2.05, 4.69) is 5.32 Å². The van der Waals surface area contributed by atoms with Crippen LogP contribution in [-0.4, -0.2) is 45.7 Å². The van der Waals surface area contributed by atoms with Crippen LogP contribution >= 0.6 is 0 Å². The van der Waals surface area contributed by atoms with Gasteiger partial charge in [-0.2, -0.15) is 0 Å². The lowest BCUT2D eigenvalue weighted by Gasteiger charge is -2.25. The Kier molecular flexibility index (Phi) is 5.75. The van der Waals surface area contributed by atoms with Gasteiger partial charge in [0.2, 0.25) is 0 Å². The van der Waals surface area contributed by atoms with E-state index in [0.717, 1.165) is 44.6 Å². The molecule has 5 nitrogen and oxygen atoms in total. The Balaban J connectivity index is 1.87. The van der Waals surface area contributed by atoms with E-state index >= 15 is 0 Å². The van der Waals surface area contributed by atoms with Gasteiger partial charge in [-0.05, 0) is 43.5 Å². The van der Waals surface area contributed by atoms with Crippen molar-refractivity contribution in [1.82, 2.24) is 5.32 Å². The van der Waals surface area contributed by atoms with Crippen molar-refractivity contribution >= 4 is 19.7 Å². The van der Waals surface area contributed by atoms with E-state index in [-0.39, 0.29) is 28.0 Å². The minimum Gasteiger partial charge on any atom is -0.309 e. The van der Waals surface area contributed by atoms with Gasteiger partial charge in [0.05, 0.1) is 21.7 Å². The first kappa shape index (κ1) is 19.8. The Morgan fingerprint density at radius 3 is 2.35 bits per heavy atom. The van der Waals surface area contributed by atoms with Gasteiger partial charge in [-0.3, -0.25) is 0 Å².